The van der Waals surface area contributed by atoms with E-state index >= 15 is 0 Å². The molecule has 0 aliphatic carbocycles. The van der Waals surface area contributed by atoms with Crippen LogP contribution in [0.25, 0.3) is 0 Å². The van der Waals surface area contributed by atoms with Gasteiger partial charge in [-0.3, -0.25) is 9.59 Å². The zero-order valence-electron chi connectivity index (χ0n) is 15.2. The van der Waals surface area contributed by atoms with Gasteiger partial charge in [0.2, 0.25) is 5.89 Å². The second-order valence-corrected chi connectivity index (χ2v) is 7.02. The van der Waals surface area contributed by atoms with Gasteiger partial charge < -0.3 is 18.9 Å². The summed E-state index contributed by atoms with van der Waals surface area (Å²) in [7, 11) is 0. The average molecular weight is 361 g/mol. The Hall–Kier alpha value is -2.64. The van der Waals surface area contributed by atoms with Crippen molar-refractivity contribution in [2.24, 2.45) is 0 Å². The fraction of sp³-hybridized carbons (Fsp3) is 0.556. The van der Waals surface area contributed by atoms with Crippen molar-refractivity contribution in [1.29, 1.82) is 0 Å². The number of piperidine rings is 1. The van der Waals surface area contributed by atoms with Gasteiger partial charge >= 0.3 is 5.97 Å². The largest absolute Gasteiger partial charge is 0.481 e. The Kier molecular flexibility index (Phi) is 5.11. The standard InChI is InChI=1S/C18H23N3O5/c1-10(2)17-19-16(20-26-17)12-5-4-6-21(8-12)18(24)15-11(3)9-25-13(15)7-14(22)23/h9-10,12H,4-8H2,1-3H3,(H,22,23). The molecule has 3 rings (SSSR count). The smallest absolute Gasteiger partial charge is 0.311 e. The highest BCUT2D eigenvalue weighted by atomic mass is 16.5. The Morgan fingerprint density at radius 1 is 1.42 bits per heavy atom. The lowest BCUT2D eigenvalue weighted by molar-refractivity contribution is -0.136. The Morgan fingerprint density at radius 3 is 2.85 bits per heavy atom. The zero-order valence-corrected chi connectivity index (χ0v) is 15.2. The van der Waals surface area contributed by atoms with Gasteiger partial charge in [-0.25, -0.2) is 0 Å². The van der Waals surface area contributed by atoms with Gasteiger partial charge in [0.15, 0.2) is 5.82 Å². The van der Waals surface area contributed by atoms with Crippen LogP contribution in [-0.4, -0.2) is 45.1 Å². The molecule has 0 spiro atoms. The molecular weight excluding hydrogens is 338 g/mol. The number of aliphatic carboxylic acids is 1. The number of furan rings is 1. The van der Waals surface area contributed by atoms with Crippen LogP contribution >= 0.6 is 0 Å². The molecule has 1 amide bonds. The third-order valence-corrected chi connectivity index (χ3v) is 4.60. The molecule has 0 saturated carbocycles. The molecule has 8 heteroatoms. The van der Waals surface area contributed by atoms with Crippen LogP contribution in [-0.2, 0) is 11.2 Å². The molecule has 3 heterocycles. The van der Waals surface area contributed by atoms with Gasteiger partial charge in [-0.05, 0) is 19.8 Å². The van der Waals surface area contributed by atoms with Gasteiger partial charge in [-0.2, -0.15) is 4.98 Å². The van der Waals surface area contributed by atoms with E-state index in [1.807, 2.05) is 13.8 Å². The first-order chi connectivity index (χ1) is 12.4. The van der Waals surface area contributed by atoms with Crippen LogP contribution in [0.1, 0.15) is 71.9 Å². The van der Waals surface area contributed by atoms with E-state index in [1.54, 1.807) is 11.8 Å². The fourth-order valence-corrected chi connectivity index (χ4v) is 3.23. The normalized spacial score (nSPS) is 17.7. The molecule has 1 unspecified atom stereocenters. The second-order valence-electron chi connectivity index (χ2n) is 7.02. The molecule has 0 aromatic carbocycles. The average Bonchev–Trinajstić information content (AvgIpc) is 3.21. The number of hydrogen-bond acceptors (Lipinski definition) is 6. The van der Waals surface area contributed by atoms with E-state index in [4.69, 9.17) is 14.0 Å². The van der Waals surface area contributed by atoms with Crippen LogP contribution in [0.15, 0.2) is 15.2 Å². The maximum Gasteiger partial charge on any atom is 0.311 e. The summed E-state index contributed by atoms with van der Waals surface area (Å²) in [6.07, 6.45) is 2.83. The predicted octanol–water partition coefficient (Wildman–Crippen LogP) is 2.74. The molecule has 1 N–H and O–H groups in total. The molecular formula is C18H23N3O5. The van der Waals surface area contributed by atoms with Crippen molar-refractivity contribution in [3.05, 3.63) is 34.9 Å². The molecule has 8 nitrogen and oxygen atoms in total. The minimum Gasteiger partial charge on any atom is -0.481 e. The molecule has 1 fully saturated rings. The summed E-state index contributed by atoms with van der Waals surface area (Å²) in [5, 5.41) is 13.1. The summed E-state index contributed by atoms with van der Waals surface area (Å²) in [4.78, 5) is 30.2. The first-order valence-corrected chi connectivity index (χ1v) is 8.78. The summed E-state index contributed by atoms with van der Waals surface area (Å²) in [6.45, 7) is 6.81. The topological polar surface area (TPSA) is 110 Å². The maximum absolute atomic E-state index is 13.0. The number of aromatic nitrogens is 2. The van der Waals surface area contributed by atoms with Gasteiger partial charge in [0, 0.05) is 30.5 Å². The van der Waals surface area contributed by atoms with Gasteiger partial charge in [-0.1, -0.05) is 19.0 Å². The van der Waals surface area contributed by atoms with E-state index in [2.05, 4.69) is 10.1 Å². The highest BCUT2D eigenvalue weighted by Gasteiger charge is 2.31. The van der Waals surface area contributed by atoms with Crippen molar-refractivity contribution in [3.63, 3.8) is 0 Å². The molecule has 1 atom stereocenters. The molecule has 2 aromatic heterocycles. The van der Waals surface area contributed by atoms with E-state index in [9.17, 15) is 9.59 Å². The molecule has 0 radical (unpaired) electrons. The van der Waals surface area contributed by atoms with Crippen molar-refractivity contribution in [2.75, 3.05) is 13.1 Å². The monoisotopic (exact) mass is 361 g/mol. The summed E-state index contributed by atoms with van der Waals surface area (Å²) < 4.78 is 10.6. The van der Waals surface area contributed by atoms with Gasteiger partial charge in [0.1, 0.15) is 12.2 Å². The van der Waals surface area contributed by atoms with Crippen molar-refractivity contribution in [2.45, 2.75) is 51.9 Å². The number of amides is 1. The molecule has 140 valence electrons. The Morgan fingerprint density at radius 2 is 2.19 bits per heavy atom. The number of likely N-dealkylation sites (tertiary alicyclic amines) is 1. The number of carbonyl (C=O) groups is 2. The van der Waals surface area contributed by atoms with Crippen LogP contribution in [0.2, 0.25) is 0 Å². The Bertz CT molecular complexity index is 808. The minimum absolute atomic E-state index is 0.0130. The van der Waals surface area contributed by atoms with Gasteiger partial charge in [-0.15, -0.1) is 0 Å². The molecule has 26 heavy (non-hydrogen) atoms. The second kappa shape index (κ2) is 7.31. The molecule has 1 aliphatic heterocycles. The highest BCUT2D eigenvalue weighted by molar-refractivity contribution is 5.97. The van der Waals surface area contributed by atoms with E-state index in [1.165, 1.54) is 6.26 Å². The van der Waals surface area contributed by atoms with Crippen LogP contribution in [0.4, 0.5) is 0 Å². The number of carboxylic acid groups (broad SMARTS) is 1. The number of carboxylic acids is 1. The molecule has 1 aliphatic rings. The maximum atomic E-state index is 13.0. The Labute approximate surface area is 151 Å². The molecule has 0 bridgehead atoms. The summed E-state index contributed by atoms with van der Waals surface area (Å²) >= 11 is 0. The fourth-order valence-electron chi connectivity index (χ4n) is 3.23. The lowest BCUT2D eigenvalue weighted by Gasteiger charge is -2.31. The Balaban J connectivity index is 1.78. The number of hydrogen-bond donors (Lipinski definition) is 1. The van der Waals surface area contributed by atoms with E-state index in [0.29, 0.717) is 35.9 Å². The number of nitrogens with zero attached hydrogens (tertiary/aromatic N) is 3. The lowest BCUT2D eigenvalue weighted by Crippen LogP contribution is -2.40. The number of carbonyl (C=O) groups excluding carboxylic acids is 1. The van der Waals surface area contributed by atoms with Gasteiger partial charge in [0.25, 0.3) is 5.91 Å². The molecule has 1 saturated heterocycles. The predicted molar refractivity (Wildman–Crippen MR) is 91.1 cm³/mol. The summed E-state index contributed by atoms with van der Waals surface area (Å²) in [6, 6.07) is 0. The minimum atomic E-state index is -1.03. The van der Waals surface area contributed by atoms with Crippen molar-refractivity contribution in [3.8, 4) is 0 Å². The number of rotatable bonds is 5. The first kappa shape index (κ1) is 18.2. The van der Waals surface area contributed by atoms with Crippen LogP contribution < -0.4 is 0 Å². The van der Waals surface area contributed by atoms with Crippen molar-refractivity contribution in [1.82, 2.24) is 15.0 Å². The SMILES string of the molecule is Cc1coc(CC(=O)O)c1C(=O)N1CCCC(c2noc(C(C)C)n2)C1. The third-order valence-electron chi connectivity index (χ3n) is 4.60. The van der Waals surface area contributed by atoms with Gasteiger partial charge in [0.05, 0.1) is 11.8 Å². The summed E-state index contributed by atoms with van der Waals surface area (Å²) in [5.41, 5.74) is 0.999. The van der Waals surface area contributed by atoms with Crippen molar-refractivity contribution >= 4 is 11.9 Å². The zero-order chi connectivity index (χ0) is 18.8. The van der Waals surface area contributed by atoms with Crippen LogP contribution in [0.3, 0.4) is 0 Å². The van der Waals surface area contributed by atoms with Crippen LogP contribution in [0, 0.1) is 6.92 Å². The van der Waals surface area contributed by atoms with E-state index < -0.39 is 5.97 Å². The van der Waals surface area contributed by atoms with Crippen molar-refractivity contribution < 1.29 is 23.6 Å². The highest BCUT2D eigenvalue weighted by Crippen LogP contribution is 2.28. The third kappa shape index (κ3) is 3.63. The quantitative estimate of drug-likeness (QED) is 0.872. The first-order valence-electron chi connectivity index (χ1n) is 8.78. The lowest BCUT2D eigenvalue weighted by atomic mass is 9.96. The number of aryl methyl sites for hydroxylation is 1. The van der Waals surface area contributed by atoms with E-state index in [-0.39, 0.29) is 29.9 Å². The molecule has 2 aromatic rings. The summed E-state index contributed by atoms with van der Waals surface area (Å²) in [5.74, 6) is 0.356. The van der Waals surface area contributed by atoms with E-state index in [0.717, 1.165) is 12.8 Å². The van der Waals surface area contributed by atoms with Crippen LogP contribution in [0.5, 0.6) is 0 Å².